The molecule has 0 heterocycles. The summed E-state index contributed by atoms with van der Waals surface area (Å²) in [6.07, 6.45) is 5.09. The number of aryl methyl sites for hydroxylation is 1. The molecule has 1 saturated carbocycles. The van der Waals surface area contributed by atoms with Crippen molar-refractivity contribution in [3.8, 4) is 5.75 Å². The second-order valence-corrected chi connectivity index (χ2v) is 5.86. The summed E-state index contributed by atoms with van der Waals surface area (Å²) in [6, 6.07) is 4.01. The Kier molecular flexibility index (Phi) is 4.56. The first-order chi connectivity index (χ1) is 9.13. The maximum absolute atomic E-state index is 11.2. The highest BCUT2D eigenvalue weighted by atomic mass is 16.5. The number of nitroso groups, excluding NO2 is 1. The van der Waals surface area contributed by atoms with Gasteiger partial charge in [0.05, 0.1) is 6.61 Å². The molecular weight excluding hydrogens is 238 g/mol. The summed E-state index contributed by atoms with van der Waals surface area (Å²) >= 11 is 0. The van der Waals surface area contributed by atoms with E-state index < -0.39 is 0 Å². The Labute approximate surface area is 115 Å². The van der Waals surface area contributed by atoms with E-state index in [-0.39, 0.29) is 5.92 Å². The van der Waals surface area contributed by atoms with Crippen molar-refractivity contribution in [2.45, 2.75) is 52.4 Å². The van der Waals surface area contributed by atoms with Crippen LogP contribution in [0.25, 0.3) is 0 Å². The van der Waals surface area contributed by atoms with E-state index in [1.54, 1.807) is 0 Å². The third kappa shape index (κ3) is 3.14. The highest BCUT2D eigenvalue weighted by molar-refractivity contribution is 5.62. The van der Waals surface area contributed by atoms with Crippen molar-refractivity contribution in [3.63, 3.8) is 0 Å². The van der Waals surface area contributed by atoms with Crippen molar-refractivity contribution in [1.29, 1.82) is 0 Å². The Bertz CT molecular complexity index is 448. The first kappa shape index (κ1) is 14.0. The molecule has 3 heteroatoms. The molecular formula is C16H23NO2. The zero-order valence-corrected chi connectivity index (χ0v) is 12.1. The van der Waals surface area contributed by atoms with Crippen LogP contribution in [0.1, 0.15) is 56.6 Å². The lowest BCUT2D eigenvalue weighted by atomic mass is 9.98. The van der Waals surface area contributed by atoms with Crippen LogP contribution in [-0.2, 0) is 0 Å². The van der Waals surface area contributed by atoms with Gasteiger partial charge in [-0.15, -0.1) is 4.91 Å². The molecule has 1 aromatic carbocycles. The van der Waals surface area contributed by atoms with Crippen molar-refractivity contribution in [2.24, 2.45) is 11.1 Å². The molecule has 0 radical (unpaired) electrons. The average Bonchev–Trinajstić information content (AvgIpc) is 2.89. The lowest BCUT2D eigenvalue weighted by Gasteiger charge is -2.17. The summed E-state index contributed by atoms with van der Waals surface area (Å²) in [5.41, 5.74) is 2.46. The Balaban J connectivity index is 2.21. The minimum atomic E-state index is 0.280. The molecule has 0 aliphatic heterocycles. The largest absolute Gasteiger partial charge is 0.491 e. The fraction of sp³-hybridized carbons (Fsp3) is 0.625. The van der Waals surface area contributed by atoms with Gasteiger partial charge in [0.1, 0.15) is 0 Å². The van der Waals surface area contributed by atoms with E-state index in [2.05, 4.69) is 19.0 Å². The molecule has 104 valence electrons. The second-order valence-electron chi connectivity index (χ2n) is 5.86. The van der Waals surface area contributed by atoms with Gasteiger partial charge in [0, 0.05) is 0 Å². The SMILES string of the molecule is Cc1ccc(C(C)C)c(N=O)c1OCC1CCCC1. The highest BCUT2D eigenvalue weighted by Gasteiger charge is 2.19. The molecule has 0 saturated heterocycles. The second kappa shape index (κ2) is 6.18. The predicted octanol–water partition coefficient (Wildman–Crippen LogP) is 5.09. The molecule has 3 nitrogen and oxygen atoms in total. The molecule has 0 atom stereocenters. The van der Waals surface area contributed by atoms with Crippen molar-refractivity contribution in [3.05, 3.63) is 28.2 Å². The lowest BCUT2D eigenvalue weighted by Crippen LogP contribution is -2.09. The van der Waals surface area contributed by atoms with Crippen LogP contribution in [0.2, 0.25) is 0 Å². The van der Waals surface area contributed by atoms with Gasteiger partial charge < -0.3 is 4.74 Å². The topological polar surface area (TPSA) is 38.7 Å². The van der Waals surface area contributed by atoms with Crippen LogP contribution >= 0.6 is 0 Å². The maximum Gasteiger partial charge on any atom is 0.153 e. The molecule has 1 aromatic rings. The Morgan fingerprint density at radius 1 is 1.32 bits per heavy atom. The molecule has 0 aromatic heterocycles. The Morgan fingerprint density at radius 3 is 2.58 bits per heavy atom. The Morgan fingerprint density at radius 2 is 2.00 bits per heavy atom. The van der Waals surface area contributed by atoms with Crippen LogP contribution in [0, 0.1) is 17.7 Å². The molecule has 0 unspecified atom stereocenters. The summed E-state index contributed by atoms with van der Waals surface area (Å²) in [5, 5.41) is 3.22. The van der Waals surface area contributed by atoms with E-state index in [9.17, 15) is 4.91 Å². The molecule has 0 N–H and O–H groups in total. The number of ether oxygens (including phenoxy) is 1. The summed E-state index contributed by atoms with van der Waals surface area (Å²) in [5.74, 6) is 1.61. The standard InChI is InChI=1S/C16H23NO2/c1-11(2)14-9-8-12(3)16(15(14)17-18)19-10-13-6-4-5-7-13/h8-9,11,13H,4-7,10H2,1-3H3. The van der Waals surface area contributed by atoms with E-state index in [1.165, 1.54) is 25.7 Å². The summed E-state index contributed by atoms with van der Waals surface area (Å²) in [6.45, 7) is 6.83. The normalized spacial score (nSPS) is 16.0. The highest BCUT2D eigenvalue weighted by Crippen LogP contribution is 2.39. The number of rotatable bonds is 5. The van der Waals surface area contributed by atoms with Crippen molar-refractivity contribution in [1.82, 2.24) is 0 Å². The van der Waals surface area contributed by atoms with Gasteiger partial charge in [0.15, 0.2) is 11.4 Å². The van der Waals surface area contributed by atoms with Crippen molar-refractivity contribution >= 4 is 5.69 Å². The van der Waals surface area contributed by atoms with Crippen molar-refractivity contribution < 1.29 is 4.74 Å². The molecule has 1 aliphatic carbocycles. The minimum Gasteiger partial charge on any atom is -0.491 e. The quantitative estimate of drug-likeness (QED) is 0.693. The summed E-state index contributed by atoms with van der Waals surface area (Å²) in [4.78, 5) is 11.2. The number of hydrogen-bond acceptors (Lipinski definition) is 3. The Hall–Kier alpha value is -1.38. The lowest BCUT2D eigenvalue weighted by molar-refractivity contribution is 0.251. The molecule has 0 spiro atoms. The number of nitrogens with zero attached hydrogens (tertiary/aromatic N) is 1. The first-order valence-corrected chi connectivity index (χ1v) is 7.23. The fourth-order valence-electron chi connectivity index (χ4n) is 2.81. The van der Waals surface area contributed by atoms with E-state index in [0.29, 0.717) is 24.0 Å². The number of hydrogen-bond donors (Lipinski definition) is 0. The van der Waals surface area contributed by atoms with Gasteiger partial charge in [-0.05, 0) is 47.9 Å². The third-order valence-electron chi connectivity index (χ3n) is 4.01. The van der Waals surface area contributed by atoms with Crippen molar-refractivity contribution in [2.75, 3.05) is 6.61 Å². The maximum atomic E-state index is 11.2. The van der Waals surface area contributed by atoms with E-state index in [4.69, 9.17) is 4.74 Å². The molecule has 1 aliphatic rings. The first-order valence-electron chi connectivity index (χ1n) is 7.23. The van der Waals surface area contributed by atoms with Crippen LogP contribution in [0.15, 0.2) is 17.3 Å². The fourth-order valence-corrected chi connectivity index (χ4v) is 2.81. The third-order valence-corrected chi connectivity index (χ3v) is 4.01. The van der Waals surface area contributed by atoms with Crippen LogP contribution in [0.3, 0.4) is 0 Å². The van der Waals surface area contributed by atoms with E-state index in [1.807, 2.05) is 19.1 Å². The molecule has 0 bridgehead atoms. The van der Waals surface area contributed by atoms with Gasteiger partial charge in [0.2, 0.25) is 0 Å². The zero-order chi connectivity index (χ0) is 13.8. The number of benzene rings is 1. The average molecular weight is 261 g/mol. The van der Waals surface area contributed by atoms with Gasteiger partial charge in [-0.1, -0.05) is 38.8 Å². The molecule has 0 amide bonds. The van der Waals surface area contributed by atoms with Gasteiger partial charge in [-0.25, -0.2) is 0 Å². The predicted molar refractivity (Wildman–Crippen MR) is 78.2 cm³/mol. The molecule has 2 rings (SSSR count). The van der Waals surface area contributed by atoms with Crippen LogP contribution in [0.5, 0.6) is 5.75 Å². The summed E-state index contributed by atoms with van der Waals surface area (Å²) < 4.78 is 5.94. The molecule has 1 fully saturated rings. The van der Waals surface area contributed by atoms with Crippen LogP contribution in [-0.4, -0.2) is 6.61 Å². The van der Waals surface area contributed by atoms with Gasteiger partial charge >= 0.3 is 0 Å². The zero-order valence-electron chi connectivity index (χ0n) is 12.1. The van der Waals surface area contributed by atoms with Gasteiger partial charge in [-0.2, -0.15) is 0 Å². The summed E-state index contributed by atoms with van der Waals surface area (Å²) in [7, 11) is 0. The van der Waals surface area contributed by atoms with E-state index in [0.717, 1.165) is 11.1 Å². The smallest absolute Gasteiger partial charge is 0.153 e. The van der Waals surface area contributed by atoms with E-state index >= 15 is 0 Å². The van der Waals surface area contributed by atoms with Crippen LogP contribution in [0.4, 0.5) is 5.69 Å². The minimum absolute atomic E-state index is 0.280. The molecule has 19 heavy (non-hydrogen) atoms. The van der Waals surface area contributed by atoms with Crippen LogP contribution < -0.4 is 4.74 Å². The van der Waals surface area contributed by atoms with Gasteiger partial charge in [0.25, 0.3) is 0 Å². The monoisotopic (exact) mass is 261 g/mol. The van der Waals surface area contributed by atoms with Gasteiger partial charge in [-0.3, -0.25) is 0 Å².